The second-order valence-electron chi connectivity index (χ2n) is 5.74. The zero-order valence-electron chi connectivity index (χ0n) is 12.1. The highest BCUT2D eigenvalue weighted by Gasteiger charge is 2.25. The molecule has 3 heteroatoms. The van der Waals surface area contributed by atoms with Gasteiger partial charge in [-0.3, -0.25) is 0 Å². The molecule has 1 N–H and O–H groups in total. The van der Waals surface area contributed by atoms with Crippen molar-refractivity contribution < 1.29 is 8.78 Å². The Morgan fingerprint density at radius 3 is 2.62 bits per heavy atom. The van der Waals surface area contributed by atoms with Crippen molar-refractivity contribution in [2.75, 3.05) is 0 Å². The van der Waals surface area contributed by atoms with Gasteiger partial charge in [0.15, 0.2) is 0 Å². The SMILES string of the molecule is CC(NCc1ccccc1C1CC1)c1ccc(F)cc1F. The van der Waals surface area contributed by atoms with Gasteiger partial charge in [-0.2, -0.15) is 0 Å². The van der Waals surface area contributed by atoms with Crippen molar-refractivity contribution in [1.29, 1.82) is 0 Å². The smallest absolute Gasteiger partial charge is 0.130 e. The maximum absolute atomic E-state index is 13.8. The number of rotatable bonds is 5. The Hall–Kier alpha value is -1.74. The fraction of sp³-hybridized carbons (Fsp3) is 0.333. The van der Waals surface area contributed by atoms with E-state index < -0.39 is 11.6 Å². The Balaban J connectivity index is 1.70. The summed E-state index contributed by atoms with van der Waals surface area (Å²) in [6, 6.07) is 12.0. The van der Waals surface area contributed by atoms with Crippen LogP contribution in [0.4, 0.5) is 8.78 Å². The Kier molecular flexibility index (Phi) is 4.02. The highest BCUT2D eigenvalue weighted by molar-refractivity contribution is 5.33. The second kappa shape index (κ2) is 5.94. The van der Waals surface area contributed by atoms with E-state index in [2.05, 4.69) is 23.5 Å². The van der Waals surface area contributed by atoms with E-state index in [4.69, 9.17) is 0 Å². The topological polar surface area (TPSA) is 12.0 Å². The summed E-state index contributed by atoms with van der Waals surface area (Å²) >= 11 is 0. The Labute approximate surface area is 124 Å². The quantitative estimate of drug-likeness (QED) is 0.841. The van der Waals surface area contributed by atoms with Gasteiger partial charge in [-0.15, -0.1) is 0 Å². The molecule has 0 aromatic heterocycles. The predicted octanol–water partition coefficient (Wildman–Crippen LogP) is 4.69. The van der Waals surface area contributed by atoms with E-state index in [1.807, 2.05) is 13.0 Å². The summed E-state index contributed by atoms with van der Waals surface area (Å²) in [5.74, 6) is -0.339. The Bertz CT molecular complexity index is 635. The number of hydrogen-bond donors (Lipinski definition) is 1. The number of halogens is 2. The maximum Gasteiger partial charge on any atom is 0.130 e. The van der Waals surface area contributed by atoms with Gasteiger partial charge in [0.2, 0.25) is 0 Å². The van der Waals surface area contributed by atoms with Gasteiger partial charge in [-0.25, -0.2) is 8.78 Å². The maximum atomic E-state index is 13.8. The van der Waals surface area contributed by atoms with Crippen LogP contribution in [0, 0.1) is 11.6 Å². The number of benzene rings is 2. The van der Waals surface area contributed by atoms with Gasteiger partial charge in [-0.1, -0.05) is 30.3 Å². The number of hydrogen-bond acceptors (Lipinski definition) is 1. The van der Waals surface area contributed by atoms with Crippen LogP contribution >= 0.6 is 0 Å². The van der Waals surface area contributed by atoms with Crippen LogP contribution in [0.1, 0.15) is 48.4 Å². The van der Waals surface area contributed by atoms with Gasteiger partial charge >= 0.3 is 0 Å². The molecule has 0 aliphatic heterocycles. The van der Waals surface area contributed by atoms with E-state index in [0.717, 1.165) is 6.07 Å². The average Bonchev–Trinajstić information content (AvgIpc) is 3.29. The minimum atomic E-state index is -0.539. The Morgan fingerprint density at radius 1 is 1.14 bits per heavy atom. The lowest BCUT2D eigenvalue weighted by Crippen LogP contribution is -2.20. The van der Waals surface area contributed by atoms with Crippen LogP contribution in [0.15, 0.2) is 42.5 Å². The van der Waals surface area contributed by atoms with E-state index in [-0.39, 0.29) is 6.04 Å². The van der Waals surface area contributed by atoms with Gasteiger partial charge in [-0.05, 0) is 42.9 Å². The van der Waals surface area contributed by atoms with E-state index in [0.29, 0.717) is 18.0 Å². The lowest BCUT2D eigenvalue weighted by Gasteiger charge is -2.17. The molecule has 0 saturated heterocycles. The van der Waals surface area contributed by atoms with Crippen molar-refractivity contribution in [3.05, 3.63) is 70.8 Å². The fourth-order valence-corrected chi connectivity index (χ4v) is 2.71. The summed E-state index contributed by atoms with van der Waals surface area (Å²) in [5.41, 5.74) is 3.17. The van der Waals surface area contributed by atoms with Crippen LogP contribution in [0.5, 0.6) is 0 Å². The van der Waals surface area contributed by atoms with E-state index in [9.17, 15) is 8.78 Å². The molecule has 2 aromatic carbocycles. The summed E-state index contributed by atoms with van der Waals surface area (Å²) in [5, 5.41) is 3.34. The normalized spacial score (nSPS) is 16.0. The first-order valence-corrected chi connectivity index (χ1v) is 7.41. The fourth-order valence-electron chi connectivity index (χ4n) is 2.71. The highest BCUT2D eigenvalue weighted by atomic mass is 19.1. The minimum absolute atomic E-state index is 0.155. The lowest BCUT2D eigenvalue weighted by atomic mass is 10.0. The van der Waals surface area contributed by atoms with E-state index in [1.54, 1.807) is 0 Å². The van der Waals surface area contributed by atoms with Gasteiger partial charge in [0, 0.05) is 24.2 Å². The summed E-state index contributed by atoms with van der Waals surface area (Å²) in [4.78, 5) is 0. The largest absolute Gasteiger partial charge is 0.306 e. The lowest BCUT2D eigenvalue weighted by molar-refractivity contribution is 0.517. The van der Waals surface area contributed by atoms with Gasteiger partial charge in [0.25, 0.3) is 0 Å². The van der Waals surface area contributed by atoms with Gasteiger partial charge in [0.1, 0.15) is 11.6 Å². The molecule has 1 atom stereocenters. The third-order valence-corrected chi connectivity index (χ3v) is 4.10. The molecule has 3 rings (SSSR count). The van der Waals surface area contributed by atoms with Crippen molar-refractivity contribution in [1.82, 2.24) is 5.32 Å². The predicted molar refractivity (Wildman–Crippen MR) is 80.0 cm³/mol. The average molecular weight is 287 g/mol. The second-order valence-corrected chi connectivity index (χ2v) is 5.74. The van der Waals surface area contributed by atoms with Gasteiger partial charge < -0.3 is 5.32 Å². The highest BCUT2D eigenvalue weighted by Crippen LogP contribution is 2.41. The molecule has 0 bridgehead atoms. The molecule has 0 heterocycles. The van der Waals surface area contributed by atoms with Crippen LogP contribution in [-0.4, -0.2) is 0 Å². The Morgan fingerprint density at radius 2 is 1.90 bits per heavy atom. The van der Waals surface area contributed by atoms with E-state index in [1.165, 1.54) is 36.1 Å². The van der Waals surface area contributed by atoms with Crippen LogP contribution in [0.2, 0.25) is 0 Å². The van der Waals surface area contributed by atoms with Crippen LogP contribution < -0.4 is 5.32 Å². The molecule has 21 heavy (non-hydrogen) atoms. The molecule has 1 saturated carbocycles. The van der Waals surface area contributed by atoms with Crippen LogP contribution in [0.25, 0.3) is 0 Å². The zero-order valence-corrected chi connectivity index (χ0v) is 12.1. The first kappa shape index (κ1) is 14.2. The summed E-state index contributed by atoms with van der Waals surface area (Å²) in [6.07, 6.45) is 2.53. The first-order chi connectivity index (χ1) is 10.1. The molecular weight excluding hydrogens is 268 g/mol. The van der Waals surface area contributed by atoms with Crippen LogP contribution in [0.3, 0.4) is 0 Å². The molecule has 1 aliphatic rings. The molecule has 1 fully saturated rings. The van der Waals surface area contributed by atoms with Crippen molar-refractivity contribution in [2.45, 2.75) is 38.3 Å². The molecule has 0 radical (unpaired) electrons. The van der Waals surface area contributed by atoms with Crippen LogP contribution in [-0.2, 0) is 6.54 Å². The monoisotopic (exact) mass is 287 g/mol. The molecule has 0 spiro atoms. The van der Waals surface area contributed by atoms with E-state index >= 15 is 0 Å². The standard InChI is InChI=1S/C18H19F2N/c1-12(16-9-8-15(19)10-18(16)20)21-11-14-4-2-3-5-17(14)13-6-7-13/h2-5,8-10,12-13,21H,6-7,11H2,1H3. The van der Waals surface area contributed by atoms with Crippen molar-refractivity contribution in [3.8, 4) is 0 Å². The molecule has 1 nitrogen and oxygen atoms in total. The zero-order chi connectivity index (χ0) is 14.8. The van der Waals surface area contributed by atoms with Crippen molar-refractivity contribution in [3.63, 3.8) is 0 Å². The summed E-state index contributed by atoms with van der Waals surface area (Å²) in [7, 11) is 0. The molecule has 0 amide bonds. The third kappa shape index (κ3) is 3.30. The molecule has 2 aromatic rings. The molecule has 1 unspecified atom stereocenters. The molecular formula is C18H19F2N. The molecule has 1 aliphatic carbocycles. The summed E-state index contributed by atoms with van der Waals surface area (Å²) < 4.78 is 26.7. The van der Waals surface area contributed by atoms with Crippen molar-refractivity contribution >= 4 is 0 Å². The third-order valence-electron chi connectivity index (χ3n) is 4.10. The molecule has 110 valence electrons. The number of nitrogens with one attached hydrogen (secondary N) is 1. The first-order valence-electron chi connectivity index (χ1n) is 7.41. The minimum Gasteiger partial charge on any atom is -0.306 e. The van der Waals surface area contributed by atoms with Gasteiger partial charge in [0.05, 0.1) is 0 Å². The van der Waals surface area contributed by atoms with Crippen molar-refractivity contribution in [2.24, 2.45) is 0 Å². The summed E-state index contributed by atoms with van der Waals surface area (Å²) in [6.45, 7) is 2.60.